The number of carbonyl (C=O) groups is 1. The van der Waals surface area contributed by atoms with Gasteiger partial charge in [-0.3, -0.25) is 4.90 Å². The fourth-order valence-electron chi connectivity index (χ4n) is 2.14. The van der Waals surface area contributed by atoms with Crippen molar-refractivity contribution in [3.63, 3.8) is 0 Å². The van der Waals surface area contributed by atoms with Gasteiger partial charge in [-0.2, -0.15) is 0 Å². The van der Waals surface area contributed by atoms with Crippen molar-refractivity contribution >= 4 is 6.29 Å². The molecule has 1 aliphatic carbocycles. The lowest BCUT2D eigenvalue weighted by Crippen LogP contribution is -2.45. The first-order chi connectivity index (χ1) is 4.27. The van der Waals surface area contributed by atoms with Gasteiger partial charge in [-0.25, -0.2) is 0 Å². The predicted molar refractivity (Wildman–Crippen MR) is 34.1 cm³/mol. The van der Waals surface area contributed by atoms with Crippen LogP contribution in [0.4, 0.5) is 0 Å². The van der Waals surface area contributed by atoms with Crippen LogP contribution in [0.3, 0.4) is 0 Å². The van der Waals surface area contributed by atoms with Crippen LogP contribution in [0.25, 0.3) is 0 Å². The molecule has 9 heavy (non-hydrogen) atoms. The van der Waals surface area contributed by atoms with E-state index < -0.39 is 0 Å². The quantitative estimate of drug-likeness (QED) is 0.469. The normalized spacial score (nSPS) is 48.8. The van der Waals surface area contributed by atoms with E-state index in [1.165, 1.54) is 0 Å². The minimum atomic E-state index is -0.00926. The molecule has 0 amide bonds. The zero-order valence-electron chi connectivity index (χ0n) is 5.63. The van der Waals surface area contributed by atoms with Gasteiger partial charge in [-0.15, -0.1) is 0 Å². The summed E-state index contributed by atoms with van der Waals surface area (Å²) in [4.78, 5) is 12.7. The van der Waals surface area contributed by atoms with E-state index in [4.69, 9.17) is 0 Å². The maximum absolute atomic E-state index is 10.5. The molecule has 2 nitrogen and oxygen atoms in total. The third-order valence-electron chi connectivity index (χ3n) is 2.80. The molecule has 0 aromatic carbocycles. The van der Waals surface area contributed by atoms with Crippen LogP contribution in [0.15, 0.2) is 0 Å². The molecule has 2 aliphatic heterocycles. The van der Waals surface area contributed by atoms with E-state index in [9.17, 15) is 4.79 Å². The Kier molecular flexibility index (Phi) is 0.826. The van der Waals surface area contributed by atoms with Crippen molar-refractivity contribution in [2.24, 2.45) is 5.92 Å². The molecule has 2 heteroatoms. The minimum absolute atomic E-state index is 0.00926. The Morgan fingerprint density at radius 1 is 1.67 bits per heavy atom. The lowest BCUT2D eigenvalue weighted by Gasteiger charge is -2.35. The van der Waals surface area contributed by atoms with Crippen molar-refractivity contribution in [1.82, 2.24) is 4.90 Å². The zero-order chi connectivity index (χ0) is 6.48. The summed E-state index contributed by atoms with van der Waals surface area (Å²) in [5, 5.41) is 0. The standard InChI is InChI=1S/C7H11NO/c1-8-4-6-2-7(8,3-6)5-9/h5-6H,2-4H2,1H3. The molecular weight excluding hydrogens is 114 g/mol. The average Bonchev–Trinajstić information content (AvgIpc) is 2.17. The molecule has 0 aromatic heterocycles. The average molecular weight is 125 g/mol. The van der Waals surface area contributed by atoms with E-state index in [1.54, 1.807) is 0 Å². The Labute approximate surface area is 54.8 Å². The summed E-state index contributed by atoms with van der Waals surface area (Å²) < 4.78 is 0. The first-order valence-corrected chi connectivity index (χ1v) is 3.44. The van der Waals surface area contributed by atoms with Crippen molar-refractivity contribution in [3.8, 4) is 0 Å². The van der Waals surface area contributed by atoms with Crippen LogP contribution >= 0.6 is 0 Å². The topological polar surface area (TPSA) is 20.3 Å². The number of hydrogen-bond donors (Lipinski definition) is 0. The van der Waals surface area contributed by atoms with Crippen LogP contribution in [0.2, 0.25) is 0 Å². The third kappa shape index (κ3) is 0.472. The van der Waals surface area contributed by atoms with Crippen molar-refractivity contribution in [3.05, 3.63) is 0 Å². The van der Waals surface area contributed by atoms with Gasteiger partial charge in [0.05, 0.1) is 5.54 Å². The van der Waals surface area contributed by atoms with Gasteiger partial charge in [0.1, 0.15) is 6.29 Å². The largest absolute Gasteiger partial charge is 0.301 e. The molecule has 0 atom stereocenters. The van der Waals surface area contributed by atoms with Crippen LogP contribution < -0.4 is 0 Å². The van der Waals surface area contributed by atoms with Crippen LogP contribution in [0.1, 0.15) is 12.8 Å². The summed E-state index contributed by atoms with van der Waals surface area (Å²) in [7, 11) is 2.04. The Bertz CT molecular complexity index is 149. The first kappa shape index (κ1) is 5.42. The van der Waals surface area contributed by atoms with Crippen molar-refractivity contribution in [2.75, 3.05) is 13.6 Å². The van der Waals surface area contributed by atoms with Gasteiger partial charge >= 0.3 is 0 Å². The van der Waals surface area contributed by atoms with Crippen LogP contribution in [0, 0.1) is 5.92 Å². The zero-order valence-corrected chi connectivity index (χ0v) is 5.63. The van der Waals surface area contributed by atoms with Gasteiger partial charge in [-0.1, -0.05) is 0 Å². The Hall–Kier alpha value is -0.370. The molecule has 3 aliphatic rings. The molecule has 2 saturated heterocycles. The lowest BCUT2D eigenvalue weighted by molar-refractivity contribution is -0.118. The SMILES string of the molecule is CN1CC2CC1(C=O)C2. The van der Waals surface area contributed by atoms with Crippen molar-refractivity contribution in [1.29, 1.82) is 0 Å². The van der Waals surface area contributed by atoms with E-state index in [-0.39, 0.29) is 5.54 Å². The Morgan fingerprint density at radius 3 is 2.56 bits per heavy atom. The molecule has 0 N–H and O–H groups in total. The highest BCUT2D eigenvalue weighted by Gasteiger charge is 2.54. The number of fused-ring (bicyclic) bond motifs is 1. The first-order valence-electron chi connectivity index (χ1n) is 3.44. The second-order valence-electron chi connectivity index (χ2n) is 3.38. The second-order valence-corrected chi connectivity index (χ2v) is 3.38. The second kappa shape index (κ2) is 1.37. The summed E-state index contributed by atoms with van der Waals surface area (Å²) >= 11 is 0. The molecule has 3 fully saturated rings. The summed E-state index contributed by atoms with van der Waals surface area (Å²) in [6.07, 6.45) is 3.36. The number of hydrogen-bond acceptors (Lipinski definition) is 2. The van der Waals surface area contributed by atoms with E-state index in [1.807, 2.05) is 7.05 Å². The molecule has 0 spiro atoms. The van der Waals surface area contributed by atoms with E-state index in [0.717, 1.165) is 31.6 Å². The highest BCUT2D eigenvalue weighted by Crippen LogP contribution is 2.47. The fourth-order valence-corrected chi connectivity index (χ4v) is 2.14. The smallest absolute Gasteiger partial charge is 0.140 e. The highest BCUT2D eigenvalue weighted by molar-refractivity contribution is 5.67. The van der Waals surface area contributed by atoms with Crippen LogP contribution in [-0.4, -0.2) is 30.3 Å². The highest BCUT2D eigenvalue weighted by atomic mass is 16.1. The molecule has 2 bridgehead atoms. The number of aldehydes is 1. The van der Waals surface area contributed by atoms with Gasteiger partial charge < -0.3 is 4.79 Å². The van der Waals surface area contributed by atoms with E-state index in [2.05, 4.69) is 4.90 Å². The van der Waals surface area contributed by atoms with Gasteiger partial charge in [-0.05, 0) is 25.8 Å². The van der Waals surface area contributed by atoms with E-state index in [0.29, 0.717) is 0 Å². The summed E-state index contributed by atoms with van der Waals surface area (Å²) in [6, 6.07) is 0. The minimum Gasteiger partial charge on any atom is -0.301 e. The van der Waals surface area contributed by atoms with Gasteiger partial charge in [0, 0.05) is 6.54 Å². The number of nitrogens with zero attached hydrogens (tertiary/aromatic N) is 1. The van der Waals surface area contributed by atoms with Gasteiger partial charge in [0.25, 0.3) is 0 Å². The molecule has 0 radical (unpaired) electrons. The molecule has 2 heterocycles. The fraction of sp³-hybridized carbons (Fsp3) is 0.857. The van der Waals surface area contributed by atoms with Crippen LogP contribution in [0.5, 0.6) is 0 Å². The number of likely N-dealkylation sites (N-methyl/N-ethyl adjacent to an activating group) is 1. The third-order valence-corrected chi connectivity index (χ3v) is 2.80. The Balaban J connectivity index is 2.23. The number of carbonyl (C=O) groups excluding carboxylic acids is 1. The van der Waals surface area contributed by atoms with Crippen molar-refractivity contribution < 1.29 is 4.79 Å². The molecule has 50 valence electrons. The monoisotopic (exact) mass is 125 g/mol. The summed E-state index contributed by atoms with van der Waals surface area (Å²) in [6.45, 7) is 1.14. The predicted octanol–water partition coefficient (Wildman–Crippen LogP) is 0.279. The Morgan fingerprint density at radius 2 is 2.33 bits per heavy atom. The summed E-state index contributed by atoms with van der Waals surface area (Å²) in [5.74, 6) is 0.834. The van der Waals surface area contributed by atoms with Gasteiger partial charge in [0.15, 0.2) is 0 Å². The molecule has 0 unspecified atom stereocenters. The van der Waals surface area contributed by atoms with Gasteiger partial charge in [0.2, 0.25) is 0 Å². The maximum atomic E-state index is 10.5. The number of rotatable bonds is 1. The summed E-state index contributed by atoms with van der Waals surface area (Å²) in [5.41, 5.74) is -0.00926. The maximum Gasteiger partial charge on any atom is 0.140 e. The van der Waals surface area contributed by atoms with E-state index >= 15 is 0 Å². The molecular formula is C7H11NO. The lowest BCUT2D eigenvalue weighted by atomic mass is 9.74. The molecule has 0 aromatic rings. The van der Waals surface area contributed by atoms with Crippen LogP contribution in [-0.2, 0) is 4.79 Å². The van der Waals surface area contributed by atoms with Crippen molar-refractivity contribution in [2.45, 2.75) is 18.4 Å². The molecule has 3 rings (SSSR count). The molecule has 1 saturated carbocycles.